The molecule has 0 saturated carbocycles. The monoisotopic (exact) mass is 555 g/mol. The minimum atomic E-state index is -2.00. The van der Waals surface area contributed by atoms with Crippen molar-refractivity contribution in [3.8, 4) is 5.75 Å². The molecule has 0 heterocycles. The van der Waals surface area contributed by atoms with Gasteiger partial charge in [-0.25, -0.2) is 4.79 Å². The molecule has 0 fully saturated rings. The van der Waals surface area contributed by atoms with Crippen molar-refractivity contribution in [1.82, 2.24) is 4.90 Å². The van der Waals surface area contributed by atoms with Crippen LogP contribution in [0.25, 0.3) is 0 Å². The number of hydrogen-bond donors (Lipinski definition) is 1. The second-order valence-corrected chi connectivity index (χ2v) is 17.4. The maximum atomic E-state index is 13.0. The first kappa shape index (κ1) is 34.4. The highest BCUT2D eigenvalue weighted by atomic mass is 28.4. The van der Waals surface area contributed by atoms with Crippen LogP contribution in [-0.4, -0.2) is 81.2 Å². The molecule has 0 radical (unpaired) electrons. The number of carbonyl (C=O) groups is 1. The number of nitrogens with zero attached hydrogens (tertiary/aromatic N) is 1. The molecule has 1 N–H and O–H groups in total. The molecule has 8 nitrogen and oxygen atoms in total. The summed E-state index contributed by atoms with van der Waals surface area (Å²) in [5, 5.41) is 10.8. The van der Waals surface area contributed by atoms with Gasteiger partial charge >= 0.3 is 6.09 Å². The molecule has 0 aliphatic carbocycles. The van der Waals surface area contributed by atoms with E-state index in [0.29, 0.717) is 32.2 Å². The smallest absolute Gasteiger partial charge is 0.410 e. The lowest BCUT2D eigenvalue weighted by Gasteiger charge is -2.39. The van der Waals surface area contributed by atoms with E-state index in [2.05, 4.69) is 33.9 Å². The van der Waals surface area contributed by atoms with Crippen molar-refractivity contribution in [2.75, 3.05) is 33.0 Å². The van der Waals surface area contributed by atoms with Crippen LogP contribution in [0.1, 0.15) is 67.9 Å². The van der Waals surface area contributed by atoms with E-state index in [1.54, 1.807) is 0 Å². The van der Waals surface area contributed by atoms with E-state index in [9.17, 15) is 9.90 Å². The average Bonchev–Trinajstić information content (AvgIpc) is 2.78. The summed E-state index contributed by atoms with van der Waals surface area (Å²) in [5.74, 6) is 0.633. The third-order valence-electron chi connectivity index (χ3n) is 6.37. The van der Waals surface area contributed by atoms with Crippen LogP contribution in [0.5, 0.6) is 5.75 Å². The third-order valence-corrected chi connectivity index (χ3v) is 10.9. The van der Waals surface area contributed by atoms with Gasteiger partial charge < -0.3 is 33.4 Å². The molecule has 1 aromatic carbocycles. The number of amides is 1. The minimum absolute atomic E-state index is 0.0392. The Hall–Kier alpha value is -1.65. The minimum Gasteiger partial charge on any atom is -0.491 e. The van der Waals surface area contributed by atoms with Crippen LogP contribution in [0.4, 0.5) is 4.79 Å². The van der Waals surface area contributed by atoms with Gasteiger partial charge in [-0.2, -0.15) is 0 Å². The molecule has 0 bridgehead atoms. The Bertz CT molecular complexity index is 816. The van der Waals surface area contributed by atoms with Gasteiger partial charge in [0.1, 0.15) is 24.1 Å². The maximum Gasteiger partial charge on any atom is 0.410 e. The number of aliphatic hydroxyl groups is 1. The Morgan fingerprint density at radius 2 is 1.58 bits per heavy atom. The quantitative estimate of drug-likeness (QED) is 0.209. The Labute approximate surface area is 232 Å². The number of aliphatic hydroxyl groups excluding tert-OH is 1. The zero-order chi connectivity index (χ0) is 29.1. The molecule has 0 spiro atoms. The highest BCUT2D eigenvalue weighted by Crippen LogP contribution is 2.36. The summed E-state index contributed by atoms with van der Waals surface area (Å²) >= 11 is 0. The third kappa shape index (κ3) is 13.4. The van der Waals surface area contributed by atoms with E-state index >= 15 is 0 Å². The fourth-order valence-corrected chi connectivity index (χ4v) is 4.17. The summed E-state index contributed by atoms with van der Waals surface area (Å²) in [6.07, 6.45) is -1.19. The Morgan fingerprint density at radius 3 is 2.11 bits per heavy atom. The summed E-state index contributed by atoms with van der Waals surface area (Å²) in [4.78, 5) is 14.6. The molecule has 2 atom stereocenters. The SMILES string of the molecule is CC(C)OCCOCc1ccc(OCC(O)CN(C(=O)OC(C)(C)C)C(C)CO[Si](C)(C)C(C)(C)C)cc1. The number of hydrogen-bond acceptors (Lipinski definition) is 7. The normalized spacial score (nSPS) is 14.3. The lowest BCUT2D eigenvalue weighted by Crippen LogP contribution is -2.50. The summed E-state index contributed by atoms with van der Waals surface area (Å²) in [7, 11) is -2.00. The van der Waals surface area contributed by atoms with Gasteiger partial charge in [0.05, 0.1) is 45.1 Å². The van der Waals surface area contributed by atoms with Crippen molar-refractivity contribution in [2.45, 2.75) is 111 Å². The second kappa shape index (κ2) is 15.2. The molecule has 0 aliphatic rings. The first-order valence-corrected chi connectivity index (χ1v) is 16.5. The molecular formula is C29H53NO7Si. The number of rotatable bonds is 15. The largest absolute Gasteiger partial charge is 0.491 e. The predicted molar refractivity (Wildman–Crippen MR) is 154 cm³/mol. The van der Waals surface area contributed by atoms with Gasteiger partial charge in [-0.1, -0.05) is 32.9 Å². The van der Waals surface area contributed by atoms with Crippen molar-refractivity contribution in [3.63, 3.8) is 0 Å². The summed E-state index contributed by atoms with van der Waals surface area (Å²) in [5.41, 5.74) is 0.373. The predicted octanol–water partition coefficient (Wildman–Crippen LogP) is 6.02. The van der Waals surface area contributed by atoms with Crippen LogP contribution in [0, 0.1) is 0 Å². The van der Waals surface area contributed by atoms with Crippen molar-refractivity contribution in [3.05, 3.63) is 29.8 Å². The van der Waals surface area contributed by atoms with Crippen LogP contribution in [0.2, 0.25) is 18.1 Å². The van der Waals surface area contributed by atoms with Gasteiger partial charge in [0, 0.05) is 0 Å². The molecule has 1 amide bonds. The molecule has 9 heteroatoms. The van der Waals surface area contributed by atoms with Crippen LogP contribution in [-0.2, 0) is 25.2 Å². The van der Waals surface area contributed by atoms with Gasteiger partial charge in [0.15, 0.2) is 8.32 Å². The van der Waals surface area contributed by atoms with Crippen molar-refractivity contribution in [2.24, 2.45) is 0 Å². The van der Waals surface area contributed by atoms with Crippen molar-refractivity contribution >= 4 is 14.4 Å². The zero-order valence-electron chi connectivity index (χ0n) is 25.6. The van der Waals surface area contributed by atoms with Crippen LogP contribution < -0.4 is 4.74 Å². The Balaban J connectivity index is 2.69. The standard InChI is InChI=1S/C29H53NO7Si/c1-22(2)34-17-16-33-20-24-12-14-26(15-13-24)35-21-25(31)18-30(27(32)37-28(4,5)6)23(3)19-36-38(10,11)29(7,8)9/h12-15,22-23,25,31H,16-21H2,1-11H3. The second-order valence-electron chi connectivity index (χ2n) is 12.6. The highest BCUT2D eigenvalue weighted by Gasteiger charge is 2.38. The maximum absolute atomic E-state index is 13.0. The van der Waals surface area contributed by atoms with Gasteiger partial charge in [-0.15, -0.1) is 0 Å². The molecule has 0 aliphatic heterocycles. The molecule has 1 rings (SSSR count). The molecular weight excluding hydrogens is 502 g/mol. The summed E-state index contributed by atoms with van der Waals surface area (Å²) in [6, 6.07) is 7.27. The van der Waals surface area contributed by atoms with Gasteiger partial charge in [-0.3, -0.25) is 0 Å². The zero-order valence-corrected chi connectivity index (χ0v) is 26.6. The molecule has 0 saturated heterocycles. The van der Waals surface area contributed by atoms with E-state index < -0.39 is 26.1 Å². The first-order chi connectivity index (χ1) is 17.4. The number of benzene rings is 1. The number of ether oxygens (including phenoxy) is 4. The lowest BCUT2D eigenvalue weighted by molar-refractivity contribution is -0.00565. The van der Waals surface area contributed by atoms with Crippen LogP contribution in [0.15, 0.2) is 24.3 Å². The summed E-state index contributed by atoms with van der Waals surface area (Å²) < 4.78 is 28.9. The van der Waals surface area contributed by atoms with Crippen molar-refractivity contribution in [1.29, 1.82) is 0 Å². The Morgan fingerprint density at radius 1 is 0.974 bits per heavy atom. The first-order valence-electron chi connectivity index (χ1n) is 13.6. The lowest BCUT2D eigenvalue weighted by atomic mass is 10.2. The van der Waals surface area contributed by atoms with E-state index in [1.165, 1.54) is 4.90 Å². The fraction of sp³-hybridized carbons (Fsp3) is 0.759. The van der Waals surface area contributed by atoms with Gasteiger partial charge in [-0.05, 0) is 77.4 Å². The Kier molecular flexibility index (Phi) is 13.8. The summed E-state index contributed by atoms with van der Waals surface area (Å²) in [6.45, 7) is 24.4. The molecule has 220 valence electrons. The molecule has 1 aromatic rings. The van der Waals surface area contributed by atoms with E-state index in [4.69, 9.17) is 23.4 Å². The topological polar surface area (TPSA) is 86.7 Å². The van der Waals surface area contributed by atoms with Crippen LogP contribution >= 0.6 is 0 Å². The van der Waals surface area contributed by atoms with E-state index in [-0.39, 0.29) is 30.3 Å². The van der Waals surface area contributed by atoms with Gasteiger partial charge in [0.25, 0.3) is 0 Å². The van der Waals surface area contributed by atoms with Crippen LogP contribution in [0.3, 0.4) is 0 Å². The van der Waals surface area contributed by atoms with Gasteiger partial charge in [0.2, 0.25) is 0 Å². The van der Waals surface area contributed by atoms with Crippen molar-refractivity contribution < 1.29 is 33.3 Å². The van der Waals surface area contributed by atoms with E-state index in [1.807, 2.05) is 65.8 Å². The molecule has 38 heavy (non-hydrogen) atoms. The average molecular weight is 556 g/mol. The number of carbonyl (C=O) groups excluding carboxylic acids is 1. The van der Waals surface area contributed by atoms with E-state index in [0.717, 1.165) is 5.56 Å². The highest BCUT2D eigenvalue weighted by molar-refractivity contribution is 6.74. The fourth-order valence-electron chi connectivity index (χ4n) is 3.08. The molecule has 0 aromatic heterocycles. The molecule has 2 unspecified atom stereocenters.